The van der Waals surface area contributed by atoms with Gasteiger partial charge in [0.15, 0.2) is 6.10 Å². The summed E-state index contributed by atoms with van der Waals surface area (Å²) in [6.45, 7) is 5.27. The molecule has 2 heterocycles. The van der Waals surface area contributed by atoms with Crippen molar-refractivity contribution in [2.75, 3.05) is 18.1 Å². The van der Waals surface area contributed by atoms with Gasteiger partial charge in [-0.05, 0) is 56.0 Å². The number of thiazole rings is 1. The molecule has 1 aromatic heterocycles. The van der Waals surface area contributed by atoms with E-state index in [0.717, 1.165) is 57.4 Å². The quantitative estimate of drug-likeness (QED) is 0.230. The second-order valence-electron chi connectivity index (χ2n) is 8.91. The zero-order valence-corrected chi connectivity index (χ0v) is 21.5. The van der Waals surface area contributed by atoms with E-state index in [4.69, 9.17) is 14.5 Å². The Labute approximate surface area is 216 Å². The van der Waals surface area contributed by atoms with Crippen molar-refractivity contribution in [1.29, 1.82) is 0 Å². The predicted octanol–water partition coefficient (Wildman–Crippen LogP) is 7.15. The second-order valence-corrected chi connectivity index (χ2v) is 9.77. The van der Waals surface area contributed by atoms with E-state index in [-0.39, 0.29) is 5.91 Å². The maximum atomic E-state index is 13.2. The number of unbranched alkanes of at least 4 members (excludes halogenated alkanes) is 1. The van der Waals surface area contributed by atoms with Gasteiger partial charge in [-0.3, -0.25) is 4.79 Å². The van der Waals surface area contributed by atoms with Crippen molar-refractivity contribution >= 4 is 22.9 Å². The average molecular weight is 499 g/mol. The zero-order valence-electron chi connectivity index (χ0n) is 20.6. The maximum absolute atomic E-state index is 13.2. The number of carbonyl (C=O) groups excluding carboxylic acids is 1. The minimum absolute atomic E-state index is 0.0187. The molecular weight excluding hydrogens is 468 g/mol. The van der Waals surface area contributed by atoms with Gasteiger partial charge in [0.25, 0.3) is 5.91 Å². The summed E-state index contributed by atoms with van der Waals surface area (Å²) in [4.78, 5) is 20.0. The van der Waals surface area contributed by atoms with Crippen LogP contribution in [0.5, 0.6) is 11.5 Å². The van der Waals surface area contributed by atoms with Gasteiger partial charge < -0.3 is 14.4 Å². The Morgan fingerprint density at radius 3 is 2.61 bits per heavy atom. The number of aryl methyl sites for hydroxylation is 1. The molecule has 0 aliphatic carbocycles. The summed E-state index contributed by atoms with van der Waals surface area (Å²) in [6.07, 6.45) is 1.89. The van der Waals surface area contributed by atoms with Gasteiger partial charge in [-0.1, -0.05) is 55.5 Å². The van der Waals surface area contributed by atoms with Gasteiger partial charge in [-0.25, -0.2) is 4.98 Å². The fourth-order valence-corrected chi connectivity index (χ4v) is 5.20. The first-order valence-electron chi connectivity index (χ1n) is 12.5. The molecule has 184 valence electrons. The summed E-state index contributed by atoms with van der Waals surface area (Å²) >= 11 is 1.62. The van der Waals surface area contributed by atoms with E-state index in [0.29, 0.717) is 19.6 Å². The first-order valence-corrected chi connectivity index (χ1v) is 13.3. The van der Waals surface area contributed by atoms with Crippen LogP contribution in [0.2, 0.25) is 0 Å². The smallest absolute Gasteiger partial charge is 0.268 e. The van der Waals surface area contributed by atoms with Crippen LogP contribution in [-0.4, -0.2) is 30.1 Å². The Bertz CT molecular complexity index is 1340. The number of carbonyl (C=O) groups is 1. The van der Waals surface area contributed by atoms with Crippen molar-refractivity contribution in [1.82, 2.24) is 4.98 Å². The SMILES string of the molecule is CCC1Oc2ccc(-c3csc(-c4ccccc4)n3)cc2N(CCCCOc2ccccc2C)C1=O. The molecule has 6 heteroatoms. The van der Waals surface area contributed by atoms with Crippen LogP contribution >= 0.6 is 11.3 Å². The van der Waals surface area contributed by atoms with Gasteiger partial charge >= 0.3 is 0 Å². The number of benzene rings is 3. The number of hydrogen-bond donors (Lipinski definition) is 0. The minimum atomic E-state index is -0.449. The highest BCUT2D eigenvalue weighted by molar-refractivity contribution is 7.13. The zero-order chi connectivity index (χ0) is 24.9. The molecule has 0 N–H and O–H groups in total. The summed E-state index contributed by atoms with van der Waals surface area (Å²) in [6, 6.07) is 24.2. The fraction of sp³-hybridized carbons (Fsp3) is 0.267. The van der Waals surface area contributed by atoms with Gasteiger partial charge in [0.1, 0.15) is 16.5 Å². The van der Waals surface area contributed by atoms with Gasteiger partial charge in [0.05, 0.1) is 18.0 Å². The number of nitrogens with zero attached hydrogens (tertiary/aromatic N) is 2. The first kappa shape index (κ1) is 24.1. The number of hydrogen-bond acceptors (Lipinski definition) is 5. The van der Waals surface area contributed by atoms with Crippen LogP contribution in [0.3, 0.4) is 0 Å². The summed E-state index contributed by atoms with van der Waals surface area (Å²) in [5.74, 6) is 1.68. The first-order chi connectivity index (χ1) is 17.6. The normalized spacial score (nSPS) is 14.9. The van der Waals surface area contributed by atoms with E-state index in [2.05, 4.69) is 17.5 Å². The van der Waals surface area contributed by atoms with Gasteiger partial charge in [-0.15, -0.1) is 11.3 Å². The molecule has 0 bridgehead atoms. The van der Waals surface area contributed by atoms with E-state index < -0.39 is 6.10 Å². The Hall–Kier alpha value is -3.64. The standard InChI is InChI=1S/C30H30N2O3S/c1-3-26-30(33)32(17-9-10-18-34-27-14-8-7-11-21(27)2)25-19-23(15-16-28(25)35-26)24-20-36-29(31-24)22-12-5-4-6-13-22/h4-8,11-16,19-20,26H,3,9-10,17-18H2,1-2H3. The topological polar surface area (TPSA) is 51.7 Å². The highest BCUT2D eigenvalue weighted by atomic mass is 32.1. The molecule has 36 heavy (non-hydrogen) atoms. The maximum Gasteiger partial charge on any atom is 0.268 e. The molecule has 0 spiro atoms. The van der Waals surface area contributed by atoms with Crippen molar-refractivity contribution < 1.29 is 14.3 Å². The predicted molar refractivity (Wildman–Crippen MR) is 146 cm³/mol. The van der Waals surface area contributed by atoms with Crippen LogP contribution in [0.25, 0.3) is 21.8 Å². The second kappa shape index (κ2) is 11.0. The Balaban J connectivity index is 1.31. The highest BCUT2D eigenvalue weighted by Crippen LogP contribution is 2.39. The molecule has 5 nitrogen and oxygen atoms in total. The highest BCUT2D eigenvalue weighted by Gasteiger charge is 2.33. The third-order valence-corrected chi connectivity index (χ3v) is 7.27. The number of amides is 1. The monoisotopic (exact) mass is 498 g/mol. The van der Waals surface area contributed by atoms with Crippen LogP contribution in [0.4, 0.5) is 5.69 Å². The fourth-order valence-electron chi connectivity index (χ4n) is 4.36. The minimum Gasteiger partial charge on any atom is -0.493 e. The lowest BCUT2D eigenvalue weighted by Gasteiger charge is -2.34. The van der Waals surface area contributed by atoms with Crippen molar-refractivity contribution in [2.45, 2.75) is 39.2 Å². The van der Waals surface area contributed by atoms with Crippen molar-refractivity contribution in [3.63, 3.8) is 0 Å². The van der Waals surface area contributed by atoms with E-state index >= 15 is 0 Å². The van der Waals surface area contributed by atoms with Gasteiger partial charge in [0, 0.05) is 23.1 Å². The van der Waals surface area contributed by atoms with Crippen LogP contribution < -0.4 is 14.4 Å². The molecular formula is C30H30N2O3S. The lowest BCUT2D eigenvalue weighted by Crippen LogP contribution is -2.46. The van der Waals surface area contributed by atoms with Crippen molar-refractivity contribution in [2.24, 2.45) is 0 Å². The molecule has 5 rings (SSSR count). The van der Waals surface area contributed by atoms with Crippen LogP contribution in [0.15, 0.2) is 78.2 Å². The van der Waals surface area contributed by atoms with E-state index in [1.165, 1.54) is 0 Å². The molecule has 1 atom stereocenters. The van der Waals surface area contributed by atoms with Crippen molar-refractivity contribution in [3.8, 4) is 33.3 Å². The van der Waals surface area contributed by atoms with Gasteiger partial charge in [-0.2, -0.15) is 0 Å². The Kier molecular flexibility index (Phi) is 7.33. The molecule has 4 aromatic rings. The number of ether oxygens (including phenoxy) is 2. The third kappa shape index (κ3) is 5.14. The average Bonchev–Trinajstić information content (AvgIpc) is 3.41. The Morgan fingerprint density at radius 2 is 1.81 bits per heavy atom. The summed E-state index contributed by atoms with van der Waals surface area (Å²) < 4.78 is 12.0. The van der Waals surface area contributed by atoms with E-state index in [1.54, 1.807) is 11.3 Å². The number of aromatic nitrogens is 1. The lowest BCUT2D eigenvalue weighted by atomic mass is 10.1. The van der Waals surface area contributed by atoms with E-state index in [1.807, 2.05) is 79.4 Å². The molecule has 0 fully saturated rings. The van der Waals surface area contributed by atoms with Crippen LogP contribution in [-0.2, 0) is 4.79 Å². The molecule has 1 amide bonds. The Morgan fingerprint density at radius 1 is 1.00 bits per heavy atom. The molecule has 0 radical (unpaired) electrons. The molecule has 0 saturated heterocycles. The van der Waals surface area contributed by atoms with Crippen molar-refractivity contribution in [3.05, 3.63) is 83.7 Å². The van der Waals surface area contributed by atoms with Crippen LogP contribution in [0, 0.1) is 6.92 Å². The number of anilines is 1. The summed E-state index contributed by atoms with van der Waals surface area (Å²) in [5.41, 5.74) is 4.93. The largest absolute Gasteiger partial charge is 0.493 e. The number of para-hydroxylation sites is 1. The van der Waals surface area contributed by atoms with E-state index in [9.17, 15) is 4.79 Å². The lowest BCUT2D eigenvalue weighted by molar-refractivity contribution is -0.126. The molecule has 1 unspecified atom stereocenters. The number of fused-ring (bicyclic) bond motifs is 1. The third-order valence-electron chi connectivity index (χ3n) is 6.38. The number of rotatable bonds is 9. The molecule has 1 aliphatic rings. The molecule has 1 aliphatic heterocycles. The summed E-state index contributed by atoms with van der Waals surface area (Å²) in [5, 5.41) is 3.05. The van der Waals surface area contributed by atoms with Crippen LogP contribution in [0.1, 0.15) is 31.7 Å². The van der Waals surface area contributed by atoms with Gasteiger partial charge in [0.2, 0.25) is 0 Å². The molecule has 3 aromatic carbocycles. The summed E-state index contributed by atoms with van der Waals surface area (Å²) in [7, 11) is 0. The molecule has 0 saturated carbocycles.